The first-order valence-corrected chi connectivity index (χ1v) is 10.9. The van der Waals surface area contributed by atoms with Crippen LogP contribution in [0.1, 0.15) is 18.1 Å². The van der Waals surface area contributed by atoms with Gasteiger partial charge in [-0.15, -0.1) is 0 Å². The number of fused-ring (bicyclic) bond motifs is 1. The van der Waals surface area contributed by atoms with Crippen LogP contribution in [0.15, 0.2) is 77.6 Å². The Balaban J connectivity index is 1.80. The van der Waals surface area contributed by atoms with Crippen molar-refractivity contribution in [1.82, 2.24) is 9.88 Å². The lowest BCUT2D eigenvalue weighted by molar-refractivity contribution is 0.251. The van der Waals surface area contributed by atoms with Crippen molar-refractivity contribution >= 4 is 34.2 Å². The first-order chi connectivity index (χ1) is 15.5. The van der Waals surface area contributed by atoms with Gasteiger partial charge in [-0.25, -0.2) is 4.79 Å². The average Bonchev–Trinajstić information content (AvgIpc) is 2.82. The summed E-state index contributed by atoms with van der Waals surface area (Å²) in [5.74, 6) is 0.450. The molecule has 1 heterocycles. The summed E-state index contributed by atoms with van der Waals surface area (Å²) in [7, 11) is 1.68. The van der Waals surface area contributed by atoms with Gasteiger partial charge >= 0.3 is 6.03 Å². The normalized spacial score (nSPS) is 10.8. The Kier molecular flexibility index (Phi) is 6.28. The second-order valence-corrected chi connectivity index (χ2v) is 7.95. The Morgan fingerprint density at radius 3 is 2.25 bits per heavy atom. The number of carbonyl (C=O) groups is 1. The number of hydrogen-bond acceptors (Lipinski definition) is 2. The van der Waals surface area contributed by atoms with Crippen molar-refractivity contribution in [3.05, 3.63) is 99.3 Å². The van der Waals surface area contributed by atoms with Crippen molar-refractivity contribution in [2.45, 2.75) is 19.9 Å². The van der Waals surface area contributed by atoms with E-state index < -0.39 is 6.03 Å². The van der Waals surface area contributed by atoms with Gasteiger partial charge in [-0.3, -0.25) is 14.7 Å². The molecule has 0 saturated heterocycles. The second kappa shape index (κ2) is 9.28. The zero-order chi connectivity index (χ0) is 22.7. The summed E-state index contributed by atoms with van der Waals surface area (Å²) < 4.78 is 1.50. The fraction of sp³-hybridized carbons (Fsp3) is 0.154. The van der Waals surface area contributed by atoms with Gasteiger partial charge in [0.1, 0.15) is 5.82 Å². The number of benzene rings is 3. The fourth-order valence-electron chi connectivity index (χ4n) is 3.93. The van der Waals surface area contributed by atoms with Crippen LogP contribution in [0.5, 0.6) is 0 Å². The minimum Gasteiger partial charge on any atom is -0.334 e. The number of amides is 2. The quantitative estimate of drug-likeness (QED) is 0.411. The van der Waals surface area contributed by atoms with Gasteiger partial charge in [-0.2, -0.15) is 0 Å². The number of aromatic nitrogens is 1. The Morgan fingerprint density at radius 1 is 0.906 bits per heavy atom. The first kappa shape index (κ1) is 21.7. The number of rotatable bonds is 5. The van der Waals surface area contributed by atoms with Crippen molar-refractivity contribution < 1.29 is 4.79 Å². The number of hydrogen-bond donors (Lipinski definition) is 2. The minimum atomic E-state index is -0.412. The molecule has 0 aliphatic heterocycles. The molecule has 1 aromatic heterocycles. The van der Waals surface area contributed by atoms with Crippen LogP contribution in [0.2, 0.25) is 5.02 Å². The van der Waals surface area contributed by atoms with Gasteiger partial charge in [-0.1, -0.05) is 79.2 Å². The molecule has 0 aliphatic carbocycles. The summed E-state index contributed by atoms with van der Waals surface area (Å²) in [5.41, 5.74) is 3.60. The molecule has 0 radical (unpaired) electrons. The standard InChI is InChI=1S/C26H24ClN3O2/c1-3-17-10-4-6-12-19(17)23-20-13-7-8-14-21(20)25(31)30(2)24(23)29-26(32)28-16-18-11-5-9-15-22(18)27/h4-15H,3,16H2,1-2H3,(H2,28,29,32). The van der Waals surface area contributed by atoms with Gasteiger partial charge in [0.15, 0.2) is 0 Å². The minimum absolute atomic E-state index is 0.167. The third-order valence-corrected chi connectivity index (χ3v) is 5.97. The van der Waals surface area contributed by atoms with E-state index in [2.05, 4.69) is 23.6 Å². The van der Waals surface area contributed by atoms with E-state index in [1.54, 1.807) is 13.1 Å². The summed E-state index contributed by atoms with van der Waals surface area (Å²) in [4.78, 5) is 25.9. The smallest absolute Gasteiger partial charge is 0.320 e. The van der Waals surface area contributed by atoms with E-state index in [-0.39, 0.29) is 12.1 Å². The van der Waals surface area contributed by atoms with Crippen molar-refractivity contribution in [3.63, 3.8) is 0 Å². The van der Waals surface area contributed by atoms with E-state index in [4.69, 9.17) is 11.6 Å². The SMILES string of the molecule is CCc1ccccc1-c1c(NC(=O)NCc2ccccc2Cl)n(C)c(=O)c2ccccc12. The van der Waals surface area contributed by atoms with E-state index in [1.807, 2.05) is 60.7 Å². The van der Waals surface area contributed by atoms with Crippen LogP contribution in [-0.4, -0.2) is 10.6 Å². The van der Waals surface area contributed by atoms with E-state index in [9.17, 15) is 9.59 Å². The molecule has 5 nitrogen and oxygen atoms in total. The van der Waals surface area contributed by atoms with Gasteiger partial charge in [-0.05, 0) is 40.6 Å². The molecule has 2 amide bonds. The lowest BCUT2D eigenvalue weighted by atomic mass is 9.94. The second-order valence-electron chi connectivity index (χ2n) is 7.54. The summed E-state index contributed by atoms with van der Waals surface area (Å²) in [6.45, 7) is 2.36. The van der Waals surface area contributed by atoms with Gasteiger partial charge in [0.05, 0.1) is 0 Å². The zero-order valence-electron chi connectivity index (χ0n) is 18.0. The van der Waals surface area contributed by atoms with Crippen LogP contribution in [0.25, 0.3) is 21.9 Å². The highest BCUT2D eigenvalue weighted by Crippen LogP contribution is 2.36. The van der Waals surface area contributed by atoms with Crippen molar-refractivity contribution in [2.75, 3.05) is 5.32 Å². The number of nitrogens with zero attached hydrogens (tertiary/aromatic N) is 1. The number of anilines is 1. The highest BCUT2D eigenvalue weighted by molar-refractivity contribution is 6.31. The Morgan fingerprint density at radius 2 is 1.53 bits per heavy atom. The summed E-state index contributed by atoms with van der Waals surface area (Å²) in [6.07, 6.45) is 0.825. The molecule has 0 aliphatic rings. The van der Waals surface area contributed by atoms with Crippen LogP contribution in [0.4, 0.5) is 10.6 Å². The topological polar surface area (TPSA) is 63.1 Å². The van der Waals surface area contributed by atoms with Crippen LogP contribution >= 0.6 is 11.6 Å². The molecule has 6 heteroatoms. The molecule has 4 aromatic rings. The highest BCUT2D eigenvalue weighted by atomic mass is 35.5. The van der Waals surface area contributed by atoms with E-state index in [0.717, 1.165) is 34.1 Å². The molecule has 162 valence electrons. The molecule has 32 heavy (non-hydrogen) atoms. The highest BCUT2D eigenvalue weighted by Gasteiger charge is 2.19. The maximum atomic E-state index is 13.1. The summed E-state index contributed by atoms with van der Waals surface area (Å²) in [6, 6.07) is 22.5. The number of halogens is 1. The van der Waals surface area contributed by atoms with Gasteiger partial charge in [0.2, 0.25) is 0 Å². The molecule has 4 rings (SSSR count). The van der Waals surface area contributed by atoms with Crippen LogP contribution in [0.3, 0.4) is 0 Å². The molecule has 0 bridgehead atoms. The summed E-state index contributed by atoms with van der Waals surface area (Å²) >= 11 is 6.20. The van der Waals surface area contributed by atoms with Crippen molar-refractivity contribution in [2.24, 2.45) is 7.05 Å². The predicted molar refractivity (Wildman–Crippen MR) is 131 cm³/mol. The van der Waals surface area contributed by atoms with Crippen LogP contribution < -0.4 is 16.2 Å². The molecule has 2 N–H and O–H groups in total. The number of nitrogens with one attached hydrogen (secondary N) is 2. The maximum Gasteiger partial charge on any atom is 0.320 e. The van der Waals surface area contributed by atoms with Gasteiger partial charge in [0, 0.05) is 29.6 Å². The molecule has 0 spiro atoms. The van der Waals surface area contributed by atoms with Crippen molar-refractivity contribution in [3.8, 4) is 11.1 Å². The summed E-state index contributed by atoms with van der Waals surface area (Å²) in [5, 5.41) is 7.76. The van der Waals surface area contributed by atoms with Crippen LogP contribution in [0, 0.1) is 0 Å². The van der Waals surface area contributed by atoms with Crippen molar-refractivity contribution in [1.29, 1.82) is 0 Å². The maximum absolute atomic E-state index is 13.1. The Bertz CT molecular complexity index is 1360. The molecule has 3 aromatic carbocycles. The zero-order valence-corrected chi connectivity index (χ0v) is 18.7. The number of carbonyl (C=O) groups excluding carboxylic acids is 1. The van der Waals surface area contributed by atoms with E-state index in [0.29, 0.717) is 16.2 Å². The Labute approximate surface area is 191 Å². The molecule has 0 atom stereocenters. The lowest BCUT2D eigenvalue weighted by Gasteiger charge is -2.20. The molecular formula is C26H24ClN3O2. The Hall–Kier alpha value is -3.57. The molecular weight excluding hydrogens is 422 g/mol. The predicted octanol–water partition coefficient (Wildman–Crippen LogP) is 5.74. The largest absolute Gasteiger partial charge is 0.334 e. The third-order valence-electron chi connectivity index (χ3n) is 5.60. The first-order valence-electron chi connectivity index (χ1n) is 10.5. The van der Waals surface area contributed by atoms with E-state index >= 15 is 0 Å². The molecule has 0 saturated carbocycles. The monoisotopic (exact) mass is 445 g/mol. The van der Waals surface area contributed by atoms with Crippen LogP contribution in [-0.2, 0) is 20.0 Å². The number of pyridine rings is 1. The lowest BCUT2D eigenvalue weighted by Crippen LogP contribution is -2.32. The van der Waals surface area contributed by atoms with Gasteiger partial charge < -0.3 is 5.32 Å². The third kappa shape index (κ3) is 4.12. The van der Waals surface area contributed by atoms with Gasteiger partial charge in [0.25, 0.3) is 5.56 Å². The van der Waals surface area contributed by atoms with E-state index in [1.165, 1.54) is 4.57 Å². The number of aryl methyl sites for hydroxylation is 1. The number of urea groups is 1. The molecule has 0 fully saturated rings. The average molecular weight is 446 g/mol. The fourth-order valence-corrected chi connectivity index (χ4v) is 4.13. The molecule has 0 unspecified atom stereocenters.